The fourth-order valence-corrected chi connectivity index (χ4v) is 5.81. The van der Waals surface area contributed by atoms with Gasteiger partial charge >= 0.3 is 19.8 Å². The van der Waals surface area contributed by atoms with Gasteiger partial charge in [-0.05, 0) is 96.9 Å². The number of ether oxygens (including phenoxy) is 2. The molecule has 0 fully saturated rings. The molecule has 0 spiro atoms. The van der Waals surface area contributed by atoms with E-state index in [0.29, 0.717) is 19.4 Å². The van der Waals surface area contributed by atoms with Crippen molar-refractivity contribution in [2.45, 2.75) is 148 Å². The molecule has 0 amide bonds. The number of hydrogen-bond donors (Lipinski definition) is 2. The number of rotatable bonds is 38. The number of hydrogen-bond acceptors (Lipinski definition) is 8. The number of unbranched alkanes of at least 4 members (excludes halogenated alkanes) is 8. The number of phosphoric ester groups is 1. The van der Waals surface area contributed by atoms with E-state index in [0.717, 1.165) is 103 Å². The van der Waals surface area contributed by atoms with E-state index in [2.05, 4.69) is 116 Å². The number of carbonyl (C=O) groups is 2. The molecular weight excluding hydrogens is 725 g/mol. The Morgan fingerprint density at radius 3 is 1.45 bits per heavy atom. The quantitative estimate of drug-likeness (QED) is 0.0272. The van der Waals surface area contributed by atoms with Crippen molar-refractivity contribution in [3.05, 3.63) is 97.2 Å². The van der Waals surface area contributed by atoms with Crippen molar-refractivity contribution in [3.63, 3.8) is 0 Å². The topological polar surface area (TPSA) is 120 Å². The lowest BCUT2D eigenvalue weighted by Gasteiger charge is -2.20. The summed E-state index contributed by atoms with van der Waals surface area (Å²) in [6, 6.07) is 0. The van der Waals surface area contributed by atoms with Gasteiger partial charge in [0.05, 0.1) is 13.2 Å². The van der Waals surface area contributed by atoms with Crippen LogP contribution in [0.25, 0.3) is 0 Å². The minimum atomic E-state index is -4.37. The van der Waals surface area contributed by atoms with Gasteiger partial charge in [-0.3, -0.25) is 18.6 Å². The van der Waals surface area contributed by atoms with Gasteiger partial charge in [0.1, 0.15) is 6.61 Å². The van der Waals surface area contributed by atoms with E-state index < -0.39 is 32.5 Å². The summed E-state index contributed by atoms with van der Waals surface area (Å²) < 4.78 is 33.1. The van der Waals surface area contributed by atoms with E-state index in [1.807, 2.05) is 0 Å². The molecule has 2 unspecified atom stereocenters. The summed E-state index contributed by atoms with van der Waals surface area (Å²) in [6.45, 7) is 3.91. The lowest BCUT2D eigenvalue weighted by atomic mass is 10.1. The second-order valence-electron chi connectivity index (χ2n) is 13.4. The van der Waals surface area contributed by atoms with Crippen LogP contribution in [0.4, 0.5) is 0 Å². The maximum absolute atomic E-state index is 12.6. The van der Waals surface area contributed by atoms with Crippen LogP contribution in [0.2, 0.25) is 0 Å². The Hall–Kier alpha value is -3.07. The zero-order chi connectivity index (χ0) is 41.1. The predicted molar refractivity (Wildman–Crippen MR) is 233 cm³/mol. The standard InChI is InChI=1S/C46H76NO8P/c1-4-6-8-10-12-14-16-18-20-21-22-23-25-26-28-30-32-34-36-38-45(48)52-42-44(43-54-56(50,51)53-41-40-47-3)55-46(49)39-37-35-33-31-29-27-24-19-17-15-13-11-9-7-5-2/h6-9,12-15,18-20,22-24,26,28,44,47H,4-5,10-11,16-17,21,25,27,29-43H2,1-3H3,(H,50,51)/b8-6-,9-7-,14-12-,15-13-,20-18-,23-22-,24-19-,28-26-. The van der Waals surface area contributed by atoms with Crippen LogP contribution >= 0.6 is 7.82 Å². The summed E-state index contributed by atoms with van der Waals surface area (Å²) in [5, 5.41) is 2.81. The highest BCUT2D eigenvalue weighted by molar-refractivity contribution is 7.47. The molecule has 0 bridgehead atoms. The molecular formula is C46H76NO8P. The van der Waals surface area contributed by atoms with Gasteiger partial charge < -0.3 is 19.7 Å². The van der Waals surface area contributed by atoms with Crippen molar-refractivity contribution < 1.29 is 37.6 Å². The van der Waals surface area contributed by atoms with Crippen molar-refractivity contribution in [1.29, 1.82) is 0 Å². The molecule has 0 aromatic carbocycles. The fourth-order valence-electron chi connectivity index (χ4n) is 5.06. The SMILES string of the molecule is CC/C=C\C/C=C\C/C=C\C/C=C\C/C=C\CCCCCC(=O)OCC(COP(=O)(O)OCCNC)OC(=O)CCCCCCC/C=C\C/C=C\C/C=C\CC. The number of carbonyl (C=O) groups excluding carboxylic acids is 2. The molecule has 0 heterocycles. The normalized spacial score (nSPS) is 14.3. The Labute approximate surface area is 340 Å². The lowest BCUT2D eigenvalue weighted by Crippen LogP contribution is -2.29. The first-order chi connectivity index (χ1) is 27.3. The first-order valence-corrected chi connectivity index (χ1v) is 22.7. The van der Waals surface area contributed by atoms with E-state index in [-0.39, 0.29) is 26.1 Å². The number of esters is 2. The molecule has 0 radical (unpaired) electrons. The molecule has 0 aliphatic rings. The first kappa shape index (κ1) is 52.9. The van der Waals surface area contributed by atoms with Crippen molar-refractivity contribution in [1.82, 2.24) is 5.32 Å². The minimum absolute atomic E-state index is 0.0321. The largest absolute Gasteiger partial charge is 0.472 e. The van der Waals surface area contributed by atoms with Gasteiger partial charge in [0, 0.05) is 19.4 Å². The van der Waals surface area contributed by atoms with Crippen LogP contribution < -0.4 is 5.32 Å². The second-order valence-corrected chi connectivity index (χ2v) is 14.9. The smallest absolute Gasteiger partial charge is 0.462 e. The summed E-state index contributed by atoms with van der Waals surface area (Å²) in [4.78, 5) is 35.0. The summed E-state index contributed by atoms with van der Waals surface area (Å²) in [6.07, 6.45) is 51.6. The molecule has 0 aliphatic carbocycles. The van der Waals surface area contributed by atoms with Gasteiger partial charge in [0.2, 0.25) is 0 Å². The van der Waals surface area contributed by atoms with Crippen molar-refractivity contribution in [3.8, 4) is 0 Å². The van der Waals surface area contributed by atoms with E-state index in [4.69, 9.17) is 18.5 Å². The molecule has 0 saturated heterocycles. The highest BCUT2D eigenvalue weighted by atomic mass is 31.2. The molecule has 56 heavy (non-hydrogen) atoms. The third kappa shape index (κ3) is 40.6. The van der Waals surface area contributed by atoms with Gasteiger partial charge in [-0.2, -0.15) is 0 Å². The van der Waals surface area contributed by atoms with E-state index in [9.17, 15) is 19.0 Å². The number of likely N-dealkylation sites (N-methyl/N-ethyl adjacent to an activating group) is 1. The fraction of sp³-hybridized carbons (Fsp3) is 0.609. The number of phosphoric acid groups is 1. The Morgan fingerprint density at radius 1 is 0.554 bits per heavy atom. The second kappa shape index (κ2) is 41.6. The third-order valence-electron chi connectivity index (χ3n) is 8.20. The first-order valence-electron chi connectivity index (χ1n) is 21.2. The maximum atomic E-state index is 12.6. The molecule has 0 aromatic heterocycles. The summed E-state index contributed by atoms with van der Waals surface area (Å²) in [7, 11) is -2.68. The zero-order valence-electron chi connectivity index (χ0n) is 35.0. The van der Waals surface area contributed by atoms with Gasteiger partial charge in [-0.15, -0.1) is 0 Å². The van der Waals surface area contributed by atoms with Crippen LogP contribution in [0, 0.1) is 0 Å². The van der Waals surface area contributed by atoms with Crippen molar-refractivity contribution in [2.75, 3.05) is 33.4 Å². The molecule has 2 N–H and O–H groups in total. The van der Waals surface area contributed by atoms with E-state index >= 15 is 0 Å². The Morgan fingerprint density at radius 2 is 0.964 bits per heavy atom. The van der Waals surface area contributed by atoms with Crippen LogP contribution in [0.15, 0.2) is 97.2 Å². The van der Waals surface area contributed by atoms with Crippen LogP contribution in [0.3, 0.4) is 0 Å². The molecule has 0 rings (SSSR count). The molecule has 9 nitrogen and oxygen atoms in total. The highest BCUT2D eigenvalue weighted by Gasteiger charge is 2.26. The van der Waals surface area contributed by atoms with Crippen LogP contribution in [0.5, 0.6) is 0 Å². The molecule has 10 heteroatoms. The van der Waals surface area contributed by atoms with Crippen LogP contribution in [-0.4, -0.2) is 56.3 Å². The van der Waals surface area contributed by atoms with Crippen LogP contribution in [-0.2, 0) is 32.7 Å². The predicted octanol–water partition coefficient (Wildman–Crippen LogP) is 12.1. The lowest BCUT2D eigenvalue weighted by molar-refractivity contribution is -0.161. The van der Waals surface area contributed by atoms with Crippen molar-refractivity contribution >= 4 is 19.8 Å². The number of allylic oxidation sites excluding steroid dienone is 16. The summed E-state index contributed by atoms with van der Waals surface area (Å²) >= 11 is 0. The maximum Gasteiger partial charge on any atom is 0.472 e. The number of nitrogens with one attached hydrogen (secondary N) is 1. The average Bonchev–Trinajstić information content (AvgIpc) is 3.18. The van der Waals surface area contributed by atoms with Gasteiger partial charge in [0.15, 0.2) is 6.10 Å². The van der Waals surface area contributed by atoms with Gasteiger partial charge in [0.25, 0.3) is 0 Å². The molecule has 0 saturated carbocycles. The zero-order valence-corrected chi connectivity index (χ0v) is 35.9. The third-order valence-corrected chi connectivity index (χ3v) is 9.18. The monoisotopic (exact) mass is 802 g/mol. The van der Waals surface area contributed by atoms with Gasteiger partial charge in [-0.25, -0.2) is 4.57 Å². The molecule has 318 valence electrons. The Balaban J connectivity index is 4.35. The summed E-state index contributed by atoms with van der Waals surface area (Å²) in [5.41, 5.74) is 0. The highest BCUT2D eigenvalue weighted by Crippen LogP contribution is 2.43. The van der Waals surface area contributed by atoms with E-state index in [1.165, 1.54) is 0 Å². The van der Waals surface area contributed by atoms with E-state index in [1.54, 1.807) is 7.05 Å². The molecule has 2 atom stereocenters. The van der Waals surface area contributed by atoms with Crippen molar-refractivity contribution in [2.24, 2.45) is 0 Å². The molecule has 0 aromatic rings. The summed E-state index contributed by atoms with van der Waals surface area (Å²) in [5.74, 6) is -0.876. The van der Waals surface area contributed by atoms with Gasteiger partial charge in [-0.1, -0.05) is 137 Å². The minimum Gasteiger partial charge on any atom is -0.462 e. The average molecular weight is 802 g/mol. The Kier molecular flexibility index (Phi) is 39.3. The molecule has 0 aliphatic heterocycles. The Bertz CT molecular complexity index is 1230. The van der Waals surface area contributed by atoms with Crippen LogP contribution in [0.1, 0.15) is 142 Å².